The van der Waals surface area contributed by atoms with Crippen molar-refractivity contribution in [1.82, 2.24) is 15.5 Å². The van der Waals surface area contributed by atoms with Gasteiger partial charge in [-0.15, -0.1) is 0 Å². The molecular formula is C38H59F2N3O5Si. The first-order chi connectivity index (χ1) is 22.5. The van der Waals surface area contributed by atoms with E-state index in [1.807, 2.05) is 27.7 Å². The monoisotopic (exact) mass is 703 g/mol. The van der Waals surface area contributed by atoms with Gasteiger partial charge in [-0.25, -0.2) is 13.6 Å². The Hall–Kier alpha value is -3.31. The Balaban J connectivity index is 2.60. The van der Waals surface area contributed by atoms with Crippen LogP contribution in [0.1, 0.15) is 113 Å². The van der Waals surface area contributed by atoms with Crippen LogP contribution in [0.15, 0.2) is 36.4 Å². The zero-order valence-corrected chi connectivity index (χ0v) is 32.7. The molecule has 2 rings (SSSR count). The van der Waals surface area contributed by atoms with Gasteiger partial charge in [-0.05, 0) is 120 Å². The second kappa shape index (κ2) is 17.6. The molecule has 2 N–H and O–H groups in total. The highest BCUT2D eigenvalue weighted by atomic mass is 28.4. The number of nitrogens with one attached hydrogen (secondary N) is 2. The third-order valence-electron chi connectivity index (χ3n) is 8.61. The van der Waals surface area contributed by atoms with Crippen LogP contribution in [0.4, 0.5) is 13.6 Å². The number of halogens is 2. The molecule has 3 amide bonds. The Morgan fingerprint density at radius 3 is 1.92 bits per heavy atom. The van der Waals surface area contributed by atoms with Crippen LogP contribution in [0, 0.1) is 18.6 Å². The zero-order valence-electron chi connectivity index (χ0n) is 31.7. The van der Waals surface area contributed by atoms with E-state index in [4.69, 9.17) is 9.16 Å². The number of nitrogens with zero attached hydrogens (tertiary/aromatic N) is 1. The smallest absolute Gasteiger partial charge is 0.407 e. The predicted octanol–water partition coefficient (Wildman–Crippen LogP) is 8.57. The van der Waals surface area contributed by atoms with Gasteiger partial charge in [-0.3, -0.25) is 9.59 Å². The largest absolute Gasteiger partial charge is 0.444 e. The molecule has 11 heteroatoms. The zero-order chi connectivity index (χ0) is 37.3. The SMILES string of the molecule is CCCN(CCC)C(=O)c1cc(C)cc(C(=O)N[C@@H](Cc2cc(F)cc(F)c2)[C@H](C[C@H](C)NC(=O)OC(C)(C)C)O[Si](C)(C)C(C)(C)C)c1. The van der Waals surface area contributed by atoms with Crippen molar-refractivity contribution in [2.75, 3.05) is 13.1 Å². The number of benzene rings is 2. The van der Waals surface area contributed by atoms with E-state index in [1.54, 1.807) is 43.9 Å². The summed E-state index contributed by atoms with van der Waals surface area (Å²) in [6.45, 7) is 24.7. The highest BCUT2D eigenvalue weighted by molar-refractivity contribution is 6.74. The van der Waals surface area contributed by atoms with E-state index in [0.717, 1.165) is 24.5 Å². The fourth-order valence-corrected chi connectivity index (χ4v) is 6.72. The van der Waals surface area contributed by atoms with Crippen molar-refractivity contribution >= 4 is 26.2 Å². The summed E-state index contributed by atoms with van der Waals surface area (Å²) in [6.07, 6.45) is 0.688. The minimum absolute atomic E-state index is 0.0528. The maximum Gasteiger partial charge on any atom is 0.407 e. The van der Waals surface area contributed by atoms with Crippen LogP contribution in [0.5, 0.6) is 0 Å². The van der Waals surface area contributed by atoms with E-state index in [1.165, 1.54) is 12.1 Å². The fourth-order valence-electron chi connectivity index (χ4n) is 5.35. The summed E-state index contributed by atoms with van der Waals surface area (Å²) in [5.74, 6) is -2.05. The average molecular weight is 704 g/mol. The standard InChI is InChI=1S/C38H59F2N3O5Si/c1-13-15-43(16-14-2)35(45)29-18-25(3)17-28(23-29)34(44)42-32(22-27-20-30(39)24-31(40)21-27)33(48-49(11,12)38(8,9)10)19-26(4)41-36(46)47-37(5,6)7/h17-18,20-21,23-24,26,32-33H,13-16,19,22H2,1-12H3,(H,41,46)(H,42,44)/t26-,32-,33-/m0/s1. The summed E-state index contributed by atoms with van der Waals surface area (Å²) < 4.78 is 41.2. The van der Waals surface area contributed by atoms with Crippen LogP contribution in [0.25, 0.3) is 0 Å². The summed E-state index contributed by atoms with van der Waals surface area (Å²) in [7, 11) is -2.50. The minimum Gasteiger partial charge on any atom is -0.444 e. The van der Waals surface area contributed by atoms with Crippen LogP contribution in [0.3, 0.4) is 0 Å². The lowest BCUT2D eigenvalue weighted by Crippen LogP contribution is -2.54. The van der Waals surface area contributed by atoms with E-state index < -0.39 is 55.7 Å². The lowest BCUT2D eigenvalue weighted by atomic mass is 9.96. The Kier molecular flexibility index (Phi) is 15.0. The Morgan fingerprint density at radius 2 is 1.41 bits per heavy atom. The van der Waals surface area contributed by atoms with Gasteiger partial charge in [0.05, 0.1) is 12.1 Å². The first kappa shape index (κ1) is 41.9. The summed E-state index contributed by atoms with van der Waals surface area (Å²) in [4.78, 5) is 42.1. The van der Waals surface area contributed by atoms with Gasteiger partial charge in [0.25, 0.3) is 11.8 Å². The van der Waals surface area contributed by atoms with Crippen molar-refractivity contribution in [2.45, 2.75) is 137 Å². The maximum absolute atomic E-state index is 14.4. The molecule has 0 bridgehead atoms. The van der Waals surface area contributed by atoms with Gasteiger partial charge < -0.3 is 24.7 Å². The summed E-state index contributed by atoms with van der Waals surface area (Å²) >= 11 is 0. The molecule has 0 aliphatic heterocycles. The highest BCUT2D eigenvalue weighted by Gasteiger charge is 2.42. The van der Waals surface area contributed by atoms with Crippen LogP contribution in [-0.4, -0.2) is 68.0 Å². The molecule has 0 spiro atoms. The number of carbonyl (C=O) groups excluding carboxylic acids is 3. The van der Waals surface area contributed by atoms with E-state index in [9.17, 15) is 23.2 Å². The molecule has 0 saturated heterocycles. The van der Waals surface area contributed by atoms with Gasteiger partial charge in [0.2, 0.25) is 0 Å². The normalized spacial score (nSPS) is 14.1. The summed E-state index contributed by atoms with van der Waals surface area (Å²) in [6, 6.07) is 7.17. The number of alkyl carbamates (subject to hydrolysis) is 1. The van der Waals surface area contributed by atoms with Crippen molar-refractivity contribution < 1.29 is 32.3 Å². The molecule has 3 atom stereocenters. The van der Waals surface area contributed by atoms with Gasteiger partial charge in [0.15, 0.2) is 8.32 Å². The van der Waals surface area contributed by atoms with Crippen LogP contribution in [-0.2, 0) is 15.6 Å². The fraction of sp³-hybridized carbons (Fsp3) is 0.605. The van der Waals surface area contributed by atoms with Crippen molar-refractivity contribution in [2.24, 2.45) is 0 Å². The van der Waals surface area contributed by atoms with Crippen molar-refractivity contribution in [3.05, 3.63) is 70.3 Å². The number of amides is 3. The molecule has 0 unspecified atom stereocenters. The lowest BCUT2D eigenvalue weighted by molar-refractivity contribution is 0.0476. The molecule has 2 aromatic carbocycles. The maximum atomic E-state index is 14.4. The lowest BCUT2D eigenvalue weighted by Gasteiger charge is -2.42. The van der Waals surface area contributed by atoms with Crippen LogP contribution < -0.4 is 10.6 Å². The van der Waals surface area contributed by atoms with E-state index in [-0.39, 0.29) is 29.4 Å². The van der Waals surface area contributed by atoms with Gasteiger partial charge in [0, 0.05) is 36.3 Å². The minimum atomic E-state index is -2.50. The number of rotatable bonds is 15. The topological polar surface area (TPSA) is 97.0 Å². The number of hydrogen-bond acceptors (Lipinski definition) is 5. The molecule has 0 saturated carbocycles. The van der Waals surface area contributed by atoms with Crippen molar-refractivity contribution in [1.29, 1.82) is 0 Å². The molecule has 0 fully saturated rings. The highest BCUT2D eigenvalue weighted by Crippen LogP contribution is 2.38. The first-order valence-corrected chi connectivity index (χ1v) is 20.3. The quantitative estimate of drug-likeness (QED) is 0.181. The molecule has 0 aliphatic carbocycles. The van der Waals surface area contributed by atoms with Gasteiger partial charge in [0.1, 0.15) is 17.2 Å². The Bertz CT molecular complexity index is 1410. The van der Waals surface area contributed by atoms with Crippen molar-refractivity contribution in [3.63, 3.8) is 0 Å². The first-order valence-electron chi connectivity index (χ1n) is 17.4. The molecule has 0 aromatic heterocycles. The second-order valence-electron chi connectivity index (χ2n) is 15.6. The van der Waals surface area contributed by atoms with Gasteiger partial charge in [-0.2, -0.15) is 0 Å². The Labute approximate surface area is 293 Å². The van der Waals surface area contributed by atoms with Crippen molar-refractivity contribution in [3.8, 4) is 0 Å². The van der Waals surface area contributed by atoms with E-state index >= 15 is 0 Å². The molecule has 49 heavy (non-hydrogen) atoms. The Morgan fingerprint density at radius 1 is 0.857 bits per heavy atom. The molecule has 0 heterocycles. The van der Waals surface area contributed by atoms with Crippen LogP contribution in [0.2, 0.25) is 18.1 Å². The molecule has 8 nitrogen and oxygen atoms in total. The molecule has 274 valence electrons. The molecule has 2 aromatic rings. The number of aryl methyl sites for hydroxylation is 1. The van der Waals surface area contributed by atoms with E-state index in [2.05, 4.69) is 44.5 Å². The second-order valence-corrected chi connectivity index (χ2v) is 20.4. The third kappa shape index (κ3) is 13.5. The predicted molar refractivity (Wildman–Crippen MR) is 194 cm³/mol. The van der Waals surface area contributed by atoms with Crippen LogP contribution >= 0.6 is 0 Å². The molecule has 0 radical (unpaired) electrons. The third-order valence-corrected chi connectivity index (χ3v) is 13.1. The van der Waals surface area contributed by atoms with E-state index in [0.29, 0.717) is 24.2 Å². The number of ether oxygens (including phenoxy) is 1. The van der Waals surface area contributed by atoms with Gasteiger partial charge >= 0.3 is 6.09 Å². The molecular weight excluding hydrogens is 645 g/mol. The number of carbonyl (C=O) groups is 3. The summed E-state index contributed by atoms with van der Waals surface area (Å²) in [5.41, 5.74) is 1.10. The average Bonchev–Trinajstić information content (AvgIpc) is 2.93. The van der Waals surface area contributed by atoms with Gasteiger partial charge in [-0.1, -0.05) is 34.6 Å². The molecule has 0 aliphatic rings. The summed E-state index contributed by atoms with van der Waals surface area (Å²) in [5, 5.41) is 5.77. The number of hydrogen-bond donors (Lipinski definition) is 2.